The van der Waals surface area contributed by atoms with Crippen LogP contribution in [0.4, 0.5) is 0 Å². The first kappa shape index (κ1) is 16.2. The molecule has 0 radical (unpaired) electrons. The SMILES string of the molecule is CCCNCc1ccc(CN(C)Cc2cc(Br)cs2)s1. The molecular formula is C15H21BrN2S2. The normalized spacial score (nSPS) is 11.4. The van der Waals surface area contributed by atoms with Gasteiger partial charge in [-0.15, -0.1) is 22.7 Å². The maximum Gasteiger partial charge on any atom is 0.0329 e. The van der Waals surface area contributed by atoms with Crippen LogP contribution in [0.2, 0.25) is 0 Å². The van der Waals surface area contributed by atoms with Crippen LogP contribution in [-0.4, -0.2) is 18.5 Å². The van der Waals surface area contributed by atoms with Crippen LogP contribution in [0.3, 0.4) is 0 Å². The highest BCUT2D eigenvalue weighted by Crippen LogP contribution is 2.23. The monoisotopic (exact) mass is 372 g/mol. The summed E-state index contributed by atoms with van der Waals surface area (Å²) in [4.78, 5) is 6.64. The van der Waals surface area contributed by atoms with Gasteiger partial charge in [0.1, 0.15) is 0 Å². The van der Waals surface area contributed by atoms with E-state index in [1.54, 1.807) is 0 Å². The first-order valence-corrected chi connectivity index (χ1v) is 9.36. The van der Waals surface area contributed by atoms with Crippen LogP contribution in [0.5, 0.6) is 0 Å². The lowest BCUT2D eigenvalue weighted by atomic mass is 10.3. The maximum atomic E-state index is 3.51. The van der Waals surface area contributed by atoms with Gasteiger partial charge in [0.05, 0.1) is 0 Å². The van der Waals surface area contributed by atoms with Crippen molar-refractivity contribution in [3.63, 3.8) is 0 Å². The van der Waals surface area contributed by atoms with E-state index in [1.165, 1.54) is 25.5 Å². The molecule has 0 amide bonds. The number of nitrogens with zero attached hydrogens (tertiary/aromatic N) is 1. The summed E-state index contributed by atoms with van der Waals surface area (Å²) in [5, 5.41) is 5.60. The van der Waals surface area contributed by atoms with E-state index in [4.69, 9.17) is 0 Å². The van der Waals surface area contributed by atoms with Crippen molar-refractivity contribution < 1.29 is 0 Å². The van der Waals surface area contributed by atoms with E-state index in [0.717, 1.165) is 26.2 Å². The molecule has 110 valence electrons. The third kappa shape index (κ3) is 5.30. The molecule has 5 heteroatoms. The van der Waals surface area contributed by atoms with Crippen LogP contribution in [0.25, 0.3) is 0 Å². The molecule has 2 rings (SSSR count). The Morgan fingerprint density at radius 3 is 2.65 bits per heavy atom. The maximum absolute atomic E-state index is 3.51. The molecule has 20 heavy (non-hydrogen) atoms. The quantitative estimate of drug-likeness (QED) is 0.675. The number of nitrogens with one attached hydrogen (secondary N) is 1. The molecule has 2 aromatic rings. The minimum absolute atomic E-state index is 1.00. The molecule has 2 aromatic heterocycles. The molecule has 1 N–H and O–H groups in total. The Morgan fingerprint density at radius 2 is 1.95 bits per heavy atom. The van der Waals surface area contributed by atoms with Gasteiger partial charge in [0.15, 0.2) is 0 Å². The molecule has 2 heterocycles. The van der Waals surface area contributed by atoms with Crippen LogP contribution >= 0.6 is 38.6 Å². The Balaban J connectivity index is 1.80. The average Bonchev–Trinajstić information content (AvgIpc) is 2.99. The second-order valence-corrected chi connectivity index (χ2v) is 8.11. The fourth-order valence-electron chi connectivity index (χ4n) is 2.02. The van der Waals surface area contributed by atoms with E-state index in [9.17, 15) is 0 Å². The summed E-state index contributed by atoms with van der Waals surface area (Å²) in [6.07, 6.45) is 1.19. The van der Waals surface area contributed by atoms with Gasteiger partial charge in [0.2, 0.25) is 0 Å². The molecule has 0 unspecified atom stereocenters. The third-order valence-electron chi connectivity index (χ3n) is 2.92. The fourth-order valence-corrected chi connectivity index (χ4v) is 4.61. The molecule has 0 bridgehead atoms. The summed E-state index contributed by atoms with van der Waals surface area (Å²) in [6.45, 7) is 6.33. The van der Waals surface area contributed by atoms with Crippen molar-refractivity contribution in [1.29, 1.82) is 0 Å². The van der Waals surface area contributed by atoms with Gasteiger partial charge in [-0.2, -0.15) is 0 Å². The van der Waals surface area contributed by atoms with Gasteiger partial charge < -0.3 is 5.32 Å². The predicted molar refractivity (Wildman–Crippen MR) is 93.5 cm³/mol. The molecular weight excluding hydrogens is 352 g/mol. The minimum Gasteiger partial charge on any atom is -0.312 e. The zero-order valence-corrected chi connectivity index (χ0v) is 15.2. The summed E-state index contributed by atoms with van der Waals surface area (Å²) in [5.74, 6) is 0. The Bertz CT molecular complexity index is 521. The van der Waals surface area contributed by atoms with E-state index >= 15 is 0 Å². The average molecular weight is 373 g/mol. The van der Waals surface area contributed by atoms with E-state index in [1.807, 2.05) is 22.7 Å². The Kier molecular flexibility index (Phi) is 6.71. The Labute approximate surface area is 138 Å². The van der Waals surface area contributed by atoms with Crippen molar-refractivity contribution in [2.24, 2.45) is 0 Å². The summed E-state index contributed by atoms with van der Waals surface area (Å²) in [5.41, 5.74) is 0. The molecule has 2 nitrogen and oxygen atoms in total. The molecule has 0 fully saturated rings. The Morgan fingerprint density at radius 1 is 1.20 bits per heavy atom. The first-order valence-electron chi connectivity index (χ1n) is 6.87. The van der Waals surface area contributed by atoms with Crippen LogP contribution < -0.4 is 5.32 Å². The predicted octanol–water partition coefficient (Wildman–Crippen LogP) is 4.70. The summed E-state index contributed by atoms with van der Waals surface area (Å²) < 4.78 is 1.19. The van der Waals surface area contributed by atoms with E-state index in [0.29, 0.717) is 0 Å². The standard InChI is InChI=1S/C15H21BrN2S2/c1-3-6-17-8-13-4-5-14(20-13)9-18(2)10-15-7-12(16)11-19-15/h4-5,7,11,17H,3,6,8-10H2,1-2H3. The molecule has 0 saturated carbocycles. The number of halogens is 1. The lowest BCUT2D eigenvalue weighted by molar-refractivity contribution is 0.325. The first-order chi connectivity index (χ1) is 9.67. The zero-order chi connectivity index (χ0) is 14.4. The van der Waals surface area contributed by atoms with Gasteiger partial charge in [-0.3, -0.25) is 4.90 Å². The lowest BCUT2D eigenvalue weighted by Gasteiger charge is -2.14. The molecule has 0 aliphatic carbocycles. The second kappa shape index (κ2) is 8.29. The molecule has 0 spiro atoms. The van der Waals surface area contributed by atoms with Crippen molar-refractivity contribution >= 4 is 38.6 Å². The Hall–Kier alpha value is -0.200. The molecule has 0 aromatic carbocycles. The molecule has 0 saturated heterocycles. The van der Waals surface area contributed by atoms with Gasteiger partial charge in [-0.1, -0.05) is 6.92 Å². The summed E-state index contributed by atoms with van der Waals surface area (Å²) in [7, 11) is 2.18. The fraction of sp³-hybridized carbons (Fsp3) is 0.467. The van der Waals surface area contributed by atoms with Crippen molar-refractivity contribution in [1.82, 2.24) is 10.2 Å². The van der Waals surface area contributed by atoms with Gasteiger partial charge in [0.25, 0.3) is 0 Å². The highest BCUT2D eigenvalue weighted by Gasteiger charge is 2.06. The summed E-state index contributed by atoms with van der Waals surface area (Å²) >= 11 is 7.24. The third-order valence-corrected chi connectivity index (χ3v) is 5.67. The van der Waals surface area contributed by atoms with Gasteiger partial charge in [-0.25, -0.2) is 0 Å². The van der Waals surface area contributed by atoms with Crippen molar-refractivity contribution in [3.05, 3.63) is 42.7 Å². The van der Waals surface area contributed by atoms with Crippen LogP contribution in [0.15, 0.2) is 28.1 Å². The molecule has 0 aliphatic heterocycles. The largest absolute Gasteiger partial charge is 0.312 e. The van der Waals surface area contributed by atoms with E-state index in [2.05, 4.69) is 63.7 Å². The number of thiophene rings is 2. The van der Waals surface area contributed by atoms with Crippen molar-refractivity contribution in [3.8, 4) is 0 Å². The number of hydrogen-bond acceptors (Lipinski definition) is 4. The smallest absolute Gasteiger partial charge is 0.0329 e. The highest BCUT2D eigenvalue weighted by atomic mass is 79.9. The van der Waals surface area contributed by atoms with Gasteiger partial charge >= 0.3 is 0 Å². The van der Waals surface area contributed by atoms with Crippen molar-refractivity contribution in [2.75, 3.05) is 13.6 Å². The highest BCUT2D eigenvalue weighted by molar-refractivity contribution is 9.10. The van der Waals surface area contributed by atoms with Crippen molar-refractivity contribution in [2.45, 2.75) is 33.0 Å². The van der Waals surface area contributed by atoms with Crippen LogP contribution in [0, 0.1) is 0 Å². The van der Waals surface area contributed by atoms with Crippen LogP contribution in [-0.2, 0) is 19.6 Å². The second-order valence-electron chi connectivity index (χ2n) is 4.95. The molecule has 0 aliphatic rings. The number of hydrogen-bond donors (Lipinski definition) is 1. The van der Waals surface area contributed by atoms with Gasteiger partial charge in [-0.05, 0) is 54.1 Å². The lowest BCUT2D eigenvalue weighted by Crippen LogP contribution is -2.15. The number of rotatable bonds is 8. The zero-order valence-electron chi connectivity index (χ0n) is 12.0. The van der Waals surface area contributed by atoms with E-state index in [-0.39, 0.29) is 0 Å². The summed E-state index contributed by atoms with van der Waals surface area (Å²) in [6, 6.07) is 6.71. The molecule has 0 atom stereocenters. The minimum atomic E-state index is 1.00. The van der Waals surface area contributed by atoms with Gasteiger partial charge in [0, 0.05) is 44.1 Å². The van der Waals surface area contributed by atoms with E-state index < -0.39 is 0 Å². The topological polar surface area (TPSA) is 15.3 Å². The van der Waals surface area contributed by atoms with Crippen LogP contribution in [0.1, 0.15) is 28.0 Å².